The maximum absolute atomic E-state index is 12.9. The van der Waals surface area contributed by atoms with Crippen molar-refractivity contribution in [2.24, 2.45) is 0 Å². The standard InChI is InChI=1S/C21H22N2O3/c1-5-23-20(24)18(17-11-6-13(2)12-14(17)3)19(21(23)25)22-15-7-9-16(26-4)10-8-15/h6-12,22H,5H2,1-4H3. The summed E-state index contributed by atoms with van der Waals surface area (Å²) in [5.74, 6) is 0.159. The number of nitrogens with one attached hydrogen (secondary N) is 1. The lowest BCUT2D eigenvalue weighted by molar-refractivity contribution is -0.136. The van der Waals surface area contributed by atoms with Crippen LogP contribution in [0.4, 0.5) is 5.69 Å². The van der Waals surface area contributed by atoms with Crippen molar-refractivity contribution in [1.29, 1.82) is 0 Å². The molecule has 1 N–H and O–H groups in total. The predicted octanol–water partition coefficient (Wildman–Crippen LogP) is 3.52. The summed E-state index contributed by atoms with van der Waals surface area (Å²) in [5, 5.41) is 3.14. The zero-order valence-electron chi connectivity index (χ0n) is 15.4. The van der Waals surface area contributed by atoms with E-state index in [1.165, 1.54) is 4.90 Å². The van der Waals surface area contributed by atoms with Gasteiger partial charge < -0.3 is 10.1 Å². The van der Waals surface area contributed by atoms with Crippen molar-refractivity contribution in [3.8, 4) is 5.75 Å². The van der Waals surface area contributed by atoms with Gasteiger partial charge in [-0.1, -0.05) is 23.8 Å². The molecule has 0 aliphatic carbocycles. The molecule has 0 aromatic heterocycles. The number of rotatable bonds is 5. The van der Waals surface area contributed by atoms with Crippen molar-refractivity contribution in [3.63, 3.8) is 0 Å². The third kappa shape index (κ3) is 3.08. The normalized spacial score (nSPS) is 14.2. The monoisotopic (exact) mass is 350 g/mol. The van der Waals surface area contributed by atoms with Crippen LogP contribution in [0.2, 0.25) is 0 Å². The summed E-state index contributed by atoms with van der Waals surface area (Å²) in [6.45, 7) is 6.08. The minimum atomic E-state index is -0.303. The Morgan fingerprint density at radius 2 is 1.69 bits per heavy atom. The number of hydrogen-bond acceptors (Lipinski definition) is 4. The number of carbonyl (C=O) groups is 2. The van der Waals surface area contributed by atoms with Crippen LogP contribution in [0, 0.1) is 13.8 Å². The highest BCUT2D eigenvalue weighted by Gasteiger charge is 2.38. The minimum absolute atomic E-state index is 0.263. The van der Waals surface area contributed by atoms with Gasteiger partial charge in [0.05, 0.1) is 12.7 Å². The molecule has 2 aromatic carbocycles. The van der Waals surface area contributed by atoms with Crippen LogP contribution in [0.1, 0.15) is 23.6 Å². The molecule has 1 heterocycles. The zero-order chi connectivity index (χ0) is 18.8. The first kappa shape index (κ1) is 17.7. The lowest BCUT2D eigenvalue weighted by Gasteiger charge is -2.12. The summed E-state index contributed by atoms with van der Waals surface area (Å²) in [7, 11) is 1.60. The molecule has 0 fully saturated rings. The second kappa shape index (κ2) is 7.04. The molecule has 26 heavy (non-hydrogen) atoms. The van der Waals surface area contributed by atoms with Gasteiger partial charge in [0.25, 0.3) is 11.8 Å². The van der Waals surface area contributed by atoms with Crippen molar-refractivity contribution < 1.29 is 14.3 Å². The number of ether oxygens (including phenoxy) is 1. The summed E-state index contributed by atoms with van der Waals surface area (Å²) in [6, 6.07) is 13.1. The number of anilines is 1. The van der Waals surface area contributed by atoms with Crippen LogP contribution in [0.3, 0.4) is 0 Å². The Balaban J connectivity index is 2.09. The largest absolute Gasteiger partial charge is 0.497 e. The number of amides is 2. The van der Waals surface area contributed by atoms with E-state index in [9.17, 15) is 9.59 Å². The summed E-state index contributed by atoms with van der Waals surface area (Å²) in [6.07, 6.45) is 0. The number of benzene rings is 2. The zero-order valence-corrected chi connectivity index (χ0v) is 15.4. The molecule has 134 valence electrons. The first-order valence-electron chi connectivity index (χ1n) is 8.55. The molecule has 0 unspecified atom stereocenters. The van der Waals surface area contributed by atoms with Crippen LogP contribution >= 0.6 is 0 Å². The molecule has 0 saturated heterocycles. The summed E-state index contributed by atoms with van der Waals surface area (Å²) in [4.78, 5) is 26.9. The van der Waals surface area contributed by atoms with E-state index in [0.717, 1.165) is 28.1 Å². The van der Waals surface area contributed by atoms with Gasteiger partial charge in [0, 0.05) is 12.2 Å². The van der Waals surface area contributed by atoms with Crippen LogP contribution in [-0.4, -0.2) is 30.4 Å². The van der Waals surface area contributed by atoms with Gasteiger partial charge in [-0.15, -0.1) is 0 Å². The van der Waals surface area contributed by atoms with E-state index < -0.39 is 0 Å². The van der Waals surface area contributed by atoms with Gasteiger partial charge >= 0.3 is 0 Å². The highest BCUT2D eigenvalue weighted by atomic mass is 16.5. The highest BCUT2D eigenvalue weighted by molar-refractivity contribution is 6.36. The molecule has 0 bridgehead atoms. The molecule has 2 amide bonds. The van der Waals surface area contributed by atoms with Crippen molar-refractivity contribution in [1.82, 2.24) is 4.90 Å². The van der Waals surface area contributed by atoms with E-state index in [2.05, 4.69) is 5.32 Å². The number of likely N-dealkylation sites (N-methyl/N-ethyl adjacent to an activating group) is 1. The van der Waals surface area contributed by atoms with E-state index in [-0.39, 0.29) is 11.8 Å². The first-order valence-corrected chi connectivity index (χ1v) is 8.55. The SMILES string of the molecule is CCN1C(=O)C(Nc2ccc(OC)cc2)=C(c2ccc(C)cc2C)C1=O. The quantitative estimate of drug-likeness (QED) is 0.838. The van der Waals surface area contributed by atoms with Crippen LogP contribution in [0.5, 0.6) is 5.75 Å². The smallest absolute Gasteiger partial charge is 0.278 e. The molecule has 0 radical (unpaired) electrons. The van der Waals surface area contributed by atoms with Crippen molar-refractivity contribution in [3.05, 3.63) is 64.9 Å². The third-order valence-corrected chi connectivity index (χ3v) is 4.49. The van der Waals surface area contributed by atoms with Gasteiger partial charge in [-0.2, -0.15) is 0 Å². The first-order chi connectivity index (χ1) is 12.5. The molecule has 0 spiro atoms. The number of imide groups is 1. The van der Waals surface area contributed by atoms with E-state index in [1.807, 2.05) is 44.2 Å². The Morgan fingerprint density at radius 1 is 1.00 bits per heavy atom. The number of nitrogens with zero attached hydrogens (tertiary/aromatic N) is 1. The number of carbonyl (C=O) groups excluding carboxylic acids is 2. The van der Waals surface area contributed by atoms with Crippen LogP contribution in [0.25, 0.3) is 5.57 Å². The maximum Gasteiger partial charge on any atom is 0.278 e. The molecule has 1 aliphatic rings. The lowest BCUT2D eigenvalue weighted by atomic mass is 9.97. The predicted molar refractivity (Wildman–Crippen MR) is 102 cm³/mol. The van der Waals surface area contributed by atoms with E-state index >= 15 is 0 Å². The fourth-order valence-corrected chi connectivity index (χ4v) is 3.14. The fraction of sp³-hybridized carbons (Fsp3) is 0.238. The Morgan fingerprint density at radius 3 is 2.27 bits per heavy atom. The summed E-state index contributed by atoms with van der Waals surface area (Å²) < 4.78 is 5.16. The average molecular weight is 350 g/mol. The maximum atomic E-state index is 12.9. The van der Waals surface area contributed by atoms with Gasteiger partial charge in [0.2, 0.25) is 0 Å². The van der Waals surface area contributed by atoms with Crippen molar-refractivity contribution >= 4 is 23.1 Å². The Bertz CT molecular complexity index is 898. The summed E-state index contributed by atoms with van der Waals surface area (Å²) >= 11 is 0. The fourth-order valence-electron chi connectivity index (χ4n) is 3.14. The Labute approximate surface area is 153 Å². The number of aryl methyl sites for hydroxylation is 2. The van der Waals surface area contributed by atoms with Crippen molar-refractivity contribution in [2.45, 2.75) is 20.8 Å². The topological polar surface area (TPSA) is 58.6 Å². The van der Waals surface area contributed by atoms with Crippen molar-refractivity contribution in [2.75, 3.05) is 19.0 Å². The molecular weight excluding hydrogens is 328 g/mol. The van der Waals surface area contributed by atoms with Gasteiger partial charge in [0.15, 0.2) is 0 Å². The van der Waals surface area contributed by atoms with Gasteiger partial charge in [-0.3, -0.25) is 14.5 Å². The number of methoxy groups -OCH3 is 1. The molecule has 3 rings (SSSR count). The second-order valence-electron chi connectivity index (χ2n) is 6.28. The highest BCUT2D eigenvalue weighted by Crippen LogP contribution is 2.32. The van der Waals surface area contributed by atoms with E-state index in [4.69, 9.17) is 4.74 Å². The molecule has 0 atom stereocenters. The third-order valence-electron chi connectivity index (χ3n) is 4.49. The second-order valence-corrected chi connectivity index (χ2v) is 6.28. The lowest BCUT2D eigenvalue weighted by Crippen LogP contribution is -2.32. The molecule has 2 aromatic rings. The molecule has 0 saturated carbocycles. The molecular formula is C21H22N2O3. The average Bonchev–Trinajstić information content (AvgIpc) is 2.86. The minimum Gasteiger partial charge on any atom is -0.497 e. The Kier molecular flexibility index (Phi) is 4.80. The van der Waals surface area contributed by atoms with Crippen LogP contribution in [0.15, 0.2) is 48.2 Å². The number of hydrogen-bond donors (Lipinski definition) is 1. The molecule has 5 nitrogen and oxygen atoms in total. The van der Waals surface area contributed by atoms with E-state index in [0.29, 0.717) is 17.8 Å². The summed E-state index contributed by atoms with van der Waals surface area (Å²) in [5.41, 5.74) is 4.32. The van der Waals surface area contributed by atoms with Gasteiger partial charge in [-0.05, 0) is 56.2 Å². The van der Waals surface area contributed by atoms with Gasteiger partial charge in [0.1, 0.15) is 11.4 Å². The van der Waals surface area contributed by atoms with E-state index in [1.54, 1.807) is 26.2 Å². The van der Waals surface area contributed by atoms with Crippen LogP contribution in [-0.2, 0) is 9.59 Å². The van der Waals surface area contributed by atoms with Gasteiger partial charge in [-0.25, -0.2) is 0 Å². The Hall–Kier alpha value is -3.08. The molecule has 5 heteroatoms. The molecule has 1 aliphatic heterocycles. The van der Waals surface area contributed by atoms with Crippen LogP contribution < -0.4 is 10.1 Å².